The summed E-state index contributed by atoms with van der Waals surface area (Å²) >= 11 is 11.6. The van der Waals surface area contributed by atoms with Crippen molar-refractivity contribution in [1.82, 2.24) is 0 Å². The number of hydrogen-bond acceptors (Lipinski definition) is 2. The van der Waals surface area contributed by atoms with Crippen LogP contribution in [-0.4, -0.2) is 5.29 Å². The minimum absolute atomic E-state index is 0.341. The number of alkyl halides is 1. The Balaban J connectivity index is 0.000000461. The Morgan fingerprint density at radius 3 is 2.64 bits per heavy atom. The molecule has 0 saturated carbocycles. The number of anilines is 1. The van der Waals surface area contributed by atoms with Crippen molar-refractivity contribution in [2.75, 3.05) is 5.32 Å². The fraction of sp³-hybridized carbons (Fsp3) is 0.300. The van der Waals surface area contributed by atoms with E-state index in [0.29, 0.717) is 5.29 Å². The van der Waals surface area contributed by atoms with Crippen LogP contribution in [0.4, 0.5) is 5.69 Å². The Labute approximate surface area is 93.9 Å². The van der Waals surface area contributed by atoms with E-state index < -0.39 is 0 Å². The van der Waals surface area contributed by atoms with Crippen LogP contribution in [0.25, 0.3) is 0 Å². The molecule has 2 rings (SSSR count). The zero-order valence-corrected chi connectivity index (χ0v) is 9.60. The molecule has 0 aromatic heterocycles. The van der Waals surface area contributed by atoms with Gasteiger partial charge in [0.15, 0.2) is 10.8 Å². The second-order valence-electron chi connectivity index (χ2n) is 2.47. The Bertz CT molecular complexity index is 337. The van der Waals surface area contributed by atoms with Crippen molar-refractivity contribution in [2.24, 2.45) is 4.99 Å². The number of amidine groups is 1. The molecular formula is C10H12Cl2N2. The van der Waals surface area contributed by atoms with Crippen molar-refractivity contribution in [3.8, 4) is 0 Å². The van der Waals surface area contributed by atoms with Crippen LogP contribution in [0.1, 0.15) is 24.9 Å². The van der Waals surface area contributed by atoms with Gasteiger partial charge in [-0.15, -0.1) is 0 Å². The van der Waals surface area contributed by atoms with Crippen LogP contribution in [0.2, 0.25) is 0 Å². The Morgan fingerprint density at radius 1 is 1.29 bits per heavy atom. The molecule has 1 aromatic rings. The summed E-state index contributed by atoms with van der Waals surface area (Å²) in [6.07, 6.45) is 0. The van der Waals surface area contributed by atoms with Gasteiger partial charge in [-0.05, 0) is 17.7 Å². The summed E-state index contributed by atoms with van der Waals surface area (Å²) in [6.45, 7) is 4.00. The lowest BCUT2D eigenvalue weighted by Crippen LogP contribution is -2.13. The predicted molar refractivity (Wildman–Crippen MR) is 63.3 cm³/mol. The Hall–Kier alpha value is -0.730. The van der Waals surface area contributed by atoms with E-state index >= 15 is 0 Å². The smallest absolute Gasteiger partial charge is 0.197 e. The van der Waals surface area contributed by atoms with Gasteiger partial charge < -0.3 is 5.32 Å². The van der Waals surface area contributed by atoms with E-state index in [1.165, 1.54) is 0 Å². The van der Waals surface area contributed by atoms with Crippen molar-refractivity contribution >= 4 is 34.2 Å². The van der Waals surface area contributed by atoms with Crippen molar-refractivity contribution in [3.05, 3.63) is 29.8 Å². The molecule has 0 saturated heterocycles. The summed E-state index contributed by atoms with van der Waals surface area (Å²) in [5.74, 6) is 0. The predicted octanol–water partition coefficient (Wildman–Crippen LogP) is 3.97. The summed E-state index contributed by atoms with van der Waals surface area (Å²) in [5, 5.41) is 3.26. The third-order valence-corrected chi connectivity index (χ3v) is 2.21. The summed E-state index contributed by atoms with van der Waals surface area (Å²) in [7, 11) is 0. The molecule has 1 aliphatic heterocycles. The first-order valence-corrected chi connectivity index (χ1v) is 5.32. The monoisotopic (exact) mass is 230 g/mol. The topological polar surface area (TPSA) is 24.4 Å². The number of halogens is 2. The van der Waals surface area contributed by atoms with Gasteiger partial charge in [0.2, 0.25) is 0 Å². The van der Waals surface area contributed by atoms with Crippen LogP contribution in [0, 0.1) is 0 Å². The van der Waals surface area contributed by atoms with Gasteiger partial charge >= 0.3 is 0 Å². The fourth-order valence-corrected chi connectivity index (χ4v) is 1.67. The van der Waals surface area contributed by atoms with Crippen LogP contribution >= 0.6 is 23.2 Å². The minimum Gasteiger partial charge on any atom is -0.330 e. The van der Waals surface area contributed by atoms with Gasteiger partial charge in [0.1, 0.15) is 0 Å². The lowest BCUT2D eigenvalue weighted by molar-refractivity contribution is 1.01. The molecule has 1 atom stereocenters. The van der Waals surface area contributed by atoms with Gasteiger partial charge in [-0.25, -0.2) is 4.99 Å². The standard InChI is InChI=1S/C8H6Cl2N2.C2H6/c9-7-5-3-1-2-4-6(5)11-8(10)12-7;1-2/h1-4,7H,(H,11,12);1-2H3. The van der Waals surface area contributed by atoms with Crippen molar-refractivity contribution in [3.63, 3.8) is 0 Å². The maximum absolute atomic E-state index is 5.93. The quantitative estimate of drug-likeness (QED) is 0.530. The first-order valence-electron chi connectivity index (χ1n) is 4.51. The first-order chi connectivity index (χ1) is 6.77. The molecule has 0 radical (unpaired) electrons. The second-order valence-corrected chi connectivity index (χ2v) is 3.24. The van der Waals surface area contributed by atoms with Gasteiger partial charge in [0.25, 0.3) is 0 Å². The number of nitrogens with zero attached hydrogens (tertiary/aromatic N) is 1. The van der Waals surface area contributed by atoms with Gasteiger partial charge in [-0.3, -0.25) is 0 Å². The molecule has 0 fully saturated rings. The van der Waals surface area contributed by atoms with Crippen LogP contribution < -0.4 is 5.32 Å². The summed E-state index contributed by atoms with van der Waals surface area (Å²) in [4.78, 5) is 3.96. The largest absolute Gasteiger partial charge is 0.330 e. The number of hydrogen-bond donors (Lipinski definition) is 1. The summed E-state index contributed by atoms with van der Waals surface area (Å²) in [5.41, 5.74) is 1.52. The Kier molecular flexibility index (Phi) is 4.23. The molecule has 0 spiro atoms. The average Bonchev–Trinajstić information content (AvgIpc) is 2.20. The molecule has 1 N–H and O–H groups in total. The molecule has 2 nitrogen and oxygen atoms in total. The highest BCUT2D eigenvalue weighted by molar-refractivity contribution is 6.68. The molecule has 14 heavy (non-hydrogen) atoms. The first kappa shape index (κ1) is 11.3. The zero-order valence-electron chi connectivity index (χ0n) is 8.09. The van der Waals surface area contributed by atoms with Crippen molar-refractivity contribution < 1.29 is 0 Å². The number of nitrogens with one attached hydrogen (secondary N) is 1. The number of rotatable bonds is 0. The molecule has 76 valence electrons. The highest BCUT2D eigenvalue weighted by atomic mass is 35.5. The van der Waals surface area contributed by atoms with Crippen LogP contribution in [0.5, 0.6) is 0 Å². The minimum atomic E-state index is -0.366. The maximum Gasteiger partial charge on any atom is 0.197 e. The van der Waals surface area contributed by atoms with Crippen molar-refractivity contribution in [2.45, 2.75) is 19.3 Å². The van der Waals surface area contributed by atoms with Gasteiger partial charge in [-0.1, -0.05) is 43.6 Å². The number of benzene rings is 1. The number of aliphatic imine (C=N–C) groups is 1. The average molecular weight is 231 g/mol. The summed E-state index contributed by atoms with van der Waals surface area (Å²) < 4.78 is 0. The molecule has 0 bridgehead atoms. The molecule has 4 heteroatoms. The van der Waals surface area contributed by atoms with Crippen LogP contribution in [0.15, 0.2) is 29.3 Å². The molecule has 1 aliphatic rings. The van der Waals surface area contributed by atoms with E-state index in [0.717, 1.165) is 11.3 Å². The lowest BCUT2D eigenvalue weighted by atomic mass is 10.1. The number of para-hydroxylation sites is 1. The normalized spacial score (nSPS) is 18.3. The summed E-state index contributed by atoms with van der Waals surface area (Å²) in [6, 6.07) is 7.68. The molecule has 1 aromatic carbocycles. The molecule has 1 heterocycles. The number of fused-ring (bicyclic) bond motifs is 1. The van der Waals surface area contributed by atoms with E-state index in [1.54, 1.807) is 0 Å². The Morgan fingerprint density at radius 2 is 1.93 bits per heavy atom. The van der Waals surface area contributed by atoms with Gasteiger partial charge in [0, 0.05) is 11.3 Å². The highest BCUT2D eigenvalue weighted by Crippen LogP contribution is 2.32. The van der Waals surface area contributed by atoms with E-state index in [4.69, 9.17) is 23.2 Å². The van der Waals surface area contributed by atoms with E-state index in [1.807, 2.05) is 38.1 Å². The van der Waals surface area contributed by atoms with Gasteiger partial charge in [-0.2, -0.15) is 0 Å². The molecule has 0 aliphatic carbocycles. The van der Waals surface area contributed by atoms with E-state index in [9.17, 15) is 0 Å². The second kappa shape index (κ2) is 5.23. The molecule has 1 unspecified atom stereocenters. The molecular weight excluding hydrogens is 219 g/mol. The van der Waals surface area contributed by atoms with E-state index in [-0.39, 0.29) is 5.50 Å². The van der Waals surface area contributed by atoms with Gasteiger partial charge in [0.05, 0.1) is 0 Å². The molecule has 0 amide bonds. The van der Waals surface area contributed by atoms with Crippen molar-refractivity contribution in [1.29, 1.82) is 0 Å². The maximum atomic E-state index is 5.93. The zero-order chi connectivity index (χ0) is 10.6. The van der Waals surface area contributed by atoms with Crippen LogP contribution in [0.3, 0.4) is 0 Å². The SMILES string of the molecule is CC.ClC1=NC(Cl)c2ccccc2N1. The lowest BCUT2D eigenvalue weighted by Gasteiger charge is -2.17. The third-order valence-electron chi connectivity index (χ3n) is 1.68. The fourth-order valence-electron chi connectivity index (χ4n) is 1.13. The third kappa shape index (κ3) is 2.40. The van der Waals surface area contributed by atoms with E-state index in [2.05, 4.69) is 10.3 Å². The highest BCUT2D eigenvalue weighted by Gasteiger charge is 2.16. The van der Waals surface area contributed by atoms with Crippen LogP contribution in [-0.2, 0) is 0 Å².